The second-order valence-electron chi connectivity index (χ2n) is 7.59. The van der Waals surface area contributed by atoms with Gasteiger partial charge in [-0.15, -0.1) is 0 Å². The molecule has 0 aromatic rings. The Hall–Kier alpha value is -0.610. The number of nitrogens with zero attached hydrogens (tertiary/aromatic N) is 2. The Bertz CT molecular complexity index is 363. The van der Waals surface area contributed by atoms with E-state index in [-0.39, 0.29) is 6.04 Å². The molecule has 1 amide bonds. The van der Waals surface area contributed by atoms with Crippen LogP contribution in [0.4, 0.5) is 0 Å². The maximum atomic E-state index is 12.8. The minimum atomic E-state index is 0.125. The van der Waals surface area contributed by atoms with E-state index in [1.54, 1.807) is 0 Å². The van der Waals surface area contributed by atoms with E-state index in [0.29, 0.717) is 11.8 Å². The zero-order valence-electron chi connectivity index (χ0n) is 13.7. The van der Waals surface area contributed by atoms with Crippen LogP contribution < -0.4 is 5.32 Å². The molecule has 120 valence electrons. The maximum absolute atomic E-state index is 12.8. The molecule has 3 unspecified atom stereocenters. The minimum absolute atomic E-state index is 0.125. The highest BCUT2D eigenvalue weighted by molar-refractivity contribution is 5.83. The van der Waals surface area contributed by atoms with Crippen molar-refractivity contribution in [1.29, 1.82) is 0 Å². The van der Waals surface area contributed by atoms with Crippen LogP contribution in [0.1, 0.15) is 39.5 Å². The zero-order chi connectivity index (χ0) is 14.8. The van der Waals surface area contributed by atoms with Crippen molar-refractivity contribution in [3.05, 3.63) is 0 Å². The van der Waals surface area contributed by atoms with E-state index in [4.69, 9.17) is 0 Å². The molecule has 1 aliphatic carbocycles. The summed E-state index contributed by atoms with van der Waals surface area (Å²) in [5.74, 6) is 2.54. The lowest BCUT2D eigenvalue weighted by molar-refractivity contribution is -0.136. The molecule has 3 rings (SSSR count). The van der Waals surface area contributed by atoms with Gasteiger partial charge in [0.05, 0.1) is 6.04 Å². The van der Waals surface area contributed by atoms with Crippen LogP contribution >= 0.6 is 0 Å². The number of hydrogen-bond acceptors (Lipinski definition) is 3. The Morgan fingerprint density at radius 3 is 2.67 bits per heavy atom. The summed E-state index contributed by atoms with van der Waals surface area (Å²) in [6, 6.07) is 0.125. The van der Waals surface area contributed by atoms with Crippen molar-refractivity contribution in [1.82, 2.24) is 15.1 Å². The van der Waals surface area contributed by atoms with Crippen LogP contribution in [-0.4, -0.2) is 61.0 Å². The number of carbonyl (C=O) groups excluding carboxylic acids is 1. The number of amides is 1. The molecule has 1 N–H and O–H groups in total. The third-order valence-corrected chi connectivity index (χ3v) is 5.72. The fourth-order valence-electron chi connectivity index (χ4n) is 4.29. The van der Waals surface area contributed by atoms with Crippen molar-refractivity contribution >= 4 is 5.91 Å². The molecule has 4 nitrogen and oxygen atoms in total. The molecular weight excluding hydrogens is 262 g/mol. The Morgan fingerprint density at radius 1 is 1.19 bits per heavy atom. The predicted molar refractivity (Wildman–Crippen MR) is 85.1 cm³/mol. The third-order valence-electron chi connectivity index (χ3n) is 5.72. The third kappa shape index (κ3) is 3.42. The van der Waals surface area contributed by atoms with Gasteiger partial charge in [0.25, 0.3) is 0 Å². The minimum Gasteiger partial charge on any atom is -0.339 e. The van der Waals surface area contributed by atoms with Crippen LogP contribution in [0.5, 0.6) is 0 Å². The van der Waals surface area contributed by atoms with Crippen LogP contribution in [0.15, 0.2) is 0 Å². The Balaban J connectivity index is 1.47. The van der Waals surface area contributed by atoms with Gasteiger partial charge < -0.3 is 10.2 Å². The topological polar surface area (TPSA) is 35.6 Å². The summed E-state index contributed by atoms with van der Waals surface area (Å²) in [7, 11) is 0. The van der Waals surface area contributed by atoms with Gasteiger partial charge in [-0.25, -0.2) is 0 Å². The molecule has 2 saturated heterocycles. The molecule has 0 aromatic carbocycles. The van der Waals surface area contributed by atoms with E-state index < -0.39 is 0 Å². The van der Waals surface area contributed by atoms with Gasteiger partial charge in [0.15, 0.2) is 0 Å². The van der Waals surface area contributed by atoms with Gasteiger partial charge in [-0.05, 0) is 50.1 Å². The standard InChI is InChI=1S/C17H31N3O/c1-13(2)6-7-19-8-10-20(11-9-19)17(21)16-15-5-3-4-14(15)12-18-16/h13-16,18H,3-12H2,1-2H3. The molecule has 2 aliphatic heterocycles. The van der Waals surface area contributed by atoms with Crippen LogP contribution in [0, 0.1) is 17.8 Å². The molecular formula is C17H31N3O. The number of piperazine rings is 1. The molecule has 3 atom stereocenters. The van der Waals surface area contributed by atoms with Crippen molar-refractivity contribution in [2.24, 2.45) is 17.8 Å². The fourth-order valence-corrected chi connectivity index (χ4v) is 4.29. The average Bonchev–Trinajstić information content (AvgIpc) is 3.07. The number of hydrogen-bond donors (Lipinski definition) is 1. The molecule has 3 aliphatic rings. The Morgan fingerprint density at radius 2 is 1.95 bits per heavy atom. The van der Waals surface area contributed by atoms with E-state index in [1.165, 1.54) is 32.2 Å². The van der Waals surface area contributed by atoms with E-state index in [1.807, 2.05) is 0 Å². The van der Waals surface area contributed by atoms with Gasteiger partial charge in [-0.2, -0.15) is 0 Å². The van der Waals surface area contributed by atoms with Crippen molar-refractivity contribution in [3.63, 3.8) is 0 Å². The summed E-state index contributed by atoms with van der Waals surface area (Å²) in [4.78, 5) is 17.4. The predicted octanol–water partition coefficient (Wildman–Crippen LogP) is 1.56. The first-order valence-electron chi connectivity index (χ1n) is 8.89. The molecule has 0 aromatic heterocycles. The largest absolute Gasteiger partial charge is 0.339 e. The smallest absolute Gasteiger partial charge is 0.240 e. The number of carbonyl (C=O) groups is 1. The van der Waals surface area contributed by atoms with Crippen LogP contribution in [0.2, 0.25) is 0 Å². The molecule has 0 radical (unpaired) electrons. The van der Waals surface area contributed by atoms with Gasteiger partial charge >= 0.3 is 0 Å². The van der Waals surface area contributed by atoms with E-state index in [9.17, 15) is 4.79 Å². The first-order valence-corrected chi connectivity index (χ1v) is 8.89. The van der Waals surface area contributed by atoms with E-state index in [0.717, 1.165) is 44.6 Å². The van der Waals surface area contributed by atoms with Crippen LogP contribution in [0.3, 0.4) is 0 Å². The highest BCUT2D eigenvalue weighted by Gasteiger charge is 2.43. The van der Waals surface area contributed by atoms with Gasteiger partial charge in [-0.1, -0.05) is 20.3 Å². The second-order valence-corrected chi connectivity index (χ2v) is 7.59. The van der Waals surface area contributed by atoms with Crippen molar-refractivity contribution < 1.29 is 4.79 Å². The normalized spacial score (nSPS) is 33.7. The summed E-state index contributed by atoms with van der Waals surface area (Å²) in [5.41, 5.74) is 0. The summed E-state index contributed by atoms with van der Waals surface area (Å²) in [5, 5.41) is 3.50. The first kappa shape index (κ1) is 15.3. The van der Waals surface area contributed by atoms with Gasteiger partial charge in [-0.3, -0.25) is 9.69 Å². The molecule has 0 spiro atoms. The summed E-state index contributed by atoms with van der Waals surface area (Å²) >= 11 is 0. The lowest BCUT2D eigenvalue weighted by Crippen LogP contribution is -2.54. The molecule has 4 heteroatoms. The van der Waals surface area contributed by atoms with Crippen LogP contribution in [-0.2, 0) is 4.79 Å². The lowest BCUT2D eigenvalue weighted by Gasteiger charge is -2.37. The van der Waals surface area contributed by atoms with Gasteiger partial charge in [0.2, 0.25) is 5.91 Å². The highest BCUT2D eigenvalue weighted by atomic mass is 16.2. The van der Waals surface area contributed by atoms with E-state index in [2.05, 4.69) is 29.0 Å². The van der Waals surface area contributed by atoms with Gasteiger partial charge in [0, 0.05) is 26.2 Å². The molecule has 0 bridgehead atoms. The lowest BCUT2D eigenvalue weighted by atomic mass is 9.93. The summed E-state index contributed by atoms with van der Waals surface area (Å²) in [6.45, 7) is 10.8. The zero-order valence-corrected chi connectivity index (χ0v) is 13.7. The first-order chi connectivity index (χ1) is 10.1. The molecule has 1 saturated carbocycles. The summed E-state index contributed by atoms with van der Waals surface area (Å²) < 4.78 is 0. The number of nitrogens with one attached hydrogen (secondary N) is 1. The van der Waals surface area contributed by atoms with Crippen molar-refractivity contribution in [3.8, 4) is 0 Å². The summed E-state index contributed by atoms with van der Waals surface area (Å²) in [6.07, 6.45) is 5.17. The SMILES string of the molecule is CC(C)CCN1CCN(C(=O)C2NCC3CCCC32)CC1. The quantitative estimate of drug-likeness (QED) is 0.854. The maximum Gasteiger partial charge on any atom is 0.240 e. The second kappa shape index (κ2) is 6.66. The molecule has 3 fully saturated rings. The number of rotatable bonds is 4. The molecule has 21 heavy (non-hydrogen) atoms. The fraction of sp³-hybridized carbons (Fsp3) is 0.941. The molecule has 2 heterocycles. The Kier molecular flexibility index (Phi) is 4.85. The van der Waals surface area contributed by atoms with Crippen LogP contribution in [0.25, 0.3) is 0 Å². The van der Waals surface area contributed by atoms with E-state index >= 15 is 0 Å². The van der Waals surface area contributed by atoms with Crippen molar-refractivity contribution in [2.75, 3.05) is 39.3 Å². The highest BCUT2D eigenvalue weighted by Crippen LogP contribution is 2.38. The van der Waals surface area contributed by atoms with Crippen molar-refractivity contribution in [2.45, 2.75) is 45.6 Å². The Labute approximate surface area is 129 Å². The average molecular weight is 293 g/mol. The van der Waals surface area contributed by atoms with Gasteiger partial charge in [0.1, 0.15) is 0 Å². The monoisotopic (exact) mass is 293 g/mol. The number of fused-ring (bicyclic) bond motifs is 1.